The molecular weight excluding hydrogens is 799 g/mol. The van der Waals surface area contributed by atoms with E-state index in [1.807, 2.05) is 36.0 Å². The number of benzene rings is 9. The summed E-state index contributed by atoms with van der Waals surface area (Å²) in [6.45, 7) is 1.85. The minimum atomic E-state index is -0.547. The third-order valence-electron chi connectivity index (χ3n) is 12.7. The predicted molar refractivity (Wildman–Crippen MR) is 266 cm³/mol. The van der Waals surface area contributed by atoms with E-state index in [1.54, 1.807) is 0 Å². The van der Waals surface area contributed by atoms with Crippen LogP contribution in [0.15, 0.2) is 234 Å². The van der Waals surface area contributed by atoms with Crippen molar-refractivity contribution in [3.05, 3.63) is 263 Å². The zero-order valence-electron chi connectivity index (χ0n) is 35.3. The molecule has 0 atom stereocenters. The second kappa shape index (κ2) is 16.8. The van der Waals surface area contributed by atoms with Crippen molar-refractivity contribution in [1.29, 1.82) is 0 Å². The highest BCUT2D eigenvalue weighted by Gasteiger charge is 2.50. The Labute approximate surface area is 378 Å². The van der Waals surface area contributed by atoms with Gasteiger partial charge in [0, 0.05) is 45.0 Å². The van der Waals surface area contributed by atoms with Crippen molar-refractivity contribution >= 4 is 50.6 Å². The average Bonchev–Trinajstić information content (AvgIpc) is 3.70. The van der Waals surface area contributed by atoms with Crippen LogP contribution in [0.1, 0.15) is 45.1 Å². The summed E-state index contributed by atoms with van der Waals surface area (Å²) >= 11 is 1.89. The maximum atomic E-state index is 6.16. The number of aromatic nitrogens is 1. The van der Waals surface area contributed by atoms with Gasteiger partial charge in [-0.2, -0.15) is 0 Å². The summed E-state index contributed by atoms with van der Waals surface area (Å²) in [6.07, 6.45) is -0.547. The van der Waals surface area contributed by atoms with Gasteiger partial charge in [0.05, 0.1) is 34.0 Å². The van der Waals surface area contributed by atoms with E-state index in [0.717, 1.165) is 41.1 Å². The van der Waals surface area contributed by atoms with Crippen molar-refractivity contribution in [2.24, 2.45) is 11.5 Å². The van der Waals surface area contributed by atoms with E-state index < -0.39 is 11.6 Å². The second-order valence-electron chi connectivity index (χ2n) is 16.4. The van der Waals surface area contributed by atoms with Gasteiger partial charge in [0.25, 0.3) is 0 Å². The minimum absolute atomic E-state index is 0.542. The fourth-order valence-electron chi connectivity index (χ4n) is 9.92. The molecule has 0 amide bonds. The van der Waals surface area contributed by atoms with Gasteiger partial charge in [-0.25, -0.2) is 0 Å². The van der Waals surface area contributed by atoms with Gasteiger partial charge in [0.15, 0.2) is 0 Å². The number of para-hydroxylation sites is 4. The Hall–Kier alpha value is -7.19. The summed E-state index contributed by atoms with van der Waals surface area (Å²) in [5.41, 5.74) is 27.4. The smallest absolute Gasteiger partial charge is 0.0785 e. The molecule has 12 rings (SSSR count). The number of anilines is 3. The van der Waals surface area contributed by atoms with Crippen LogP contribution in [-0.4, -0.2) is 4.57 Å². The topological polar surface area (TPSA) is 72.2 Å². The number of nitrogens with one attached hydrogen (secondary N) is 1. The maximum Gasteiger partial charge on any atom is 0.0785 e. The Bertz CT molecular complexity index is 3180. The van der Waals surface area contributed by atoms with Crippen LogP contribution in [0.5, 0.6) is 0 Å². The first kappa shape index (κ1) is 39.6. The maximum absolute atomic E-state index is 6.16. The average molecular weight is 846 g/mol. The molecule has 1 aromatic heterocycles. The third-order valence-corrected chi connectivity index (χ3v) is 13.9. The van der Waals surface area contributed by atoms with Crippen LogP contribution in [0, 0.1) is 0 Å². The van der Waals surface area contributed by atoms with E-state index in [0.29, 0.717) is 0 Å². The molecule has 9 aromatic carbocycles. The quantitative estimate of drug-likeness (QED) is 0.139. The molecule has 0 saturated heterocycles. The summed E-state index contributed by atoms with van der Waals surface area (Å²) in [6, 6.07) is 80.4. The van der Waals surface area contributed by atoms with Crippen LogP contribution in [0.2, 0.25) is 0 Å². The lowest BCUT2D eigenvalue weighted by Gasteiger charge is -2.49. The Morgan fingerprint density at radius 1 is 0.469 bits per heavy atom. The molecule has 0 saturated carbocycles. The molecule has 0 fully saturated rings. The fourth-order valence-corrected chi connectivity index (χ4v) is 11.3. The SMILES string of the molecule is NC(N)c1cccc(-n2c3ccccc3c3c4c(ccc32)C2(c3ccccc3S4)c3ccccc3N(c3ccccc3)c3ccccc32)c1.c1ccc(CNCc2ccccc2)cc1. The molecule has 2 aliphatic heterocycles. The van der Waals surface area contributed by atoms with Crippen LogP contribution in [0.4, 0.5) is 17.1 Å². The minimum Gasteiger partial charge on any atom is -0.312 e. The zero-order valence-corrected chi connectivity index (χ0v) is 36.1. The Morgan fingerprint density at radius 2 is 1.02 bits per heavy atom. The molecule has 0 aliphatic carbocycles. The standard InChI is InChI=1S/C44H32N4S.C14H15N/c45-43(46)28-13-12-16-30(27-28)48-36-21-8-4-17-31(36)41-39(48)26-25-35-42(41)49-40-24-11-7-20-34(40)44(35)32-18-5-9-22-37(32)47(29-14-2-1-3-15-29)38-23-10-6-19-33(38)44;1-3-7-13(8-4-1)11-15-12-14-9-5-2-6-10-14/h1-27,43H,45-46H2;1-10,15H,11-12H2. The molecule has 0 bridgehead atoms. The molecule has 64 heavy (non-hydrogen) atoms. The highest BCUT2D eigenvalue weighted by atomic mass is 32.2. The van der Waals surface area contributed by atoms with Gasteiger partial charge in [0.2, 0.25) is 0 Å². The lowest BCUT2D eigenvalue weighted by Crippen LogP contribution is -2.39. The highest BCUT2D eigenvalue weighted by Crippen LogP contribution is 2.64. The van der Waals surface area contributed by atoms with Gasteiger partial charge in [-0.1, -0.05) is 182 Å². The van der Waals surface area contributed by atoms with Gasteiger partial charge < -0.3 is 26.3 Å². The van der Waals surface area contributed by atoms with E-state index in [2.05, 4.69) is 215 Å². The van der Waals surface area contributed by atoms with E-state index >= 15 is 0 Å². The lowest BCUT2D eigenvalue weighted by molar-refractivity contribution is 0.693. The largest absolute Gasteiger partial charge is 0.312 e. The summed E-state index contributed by atoms with van der Waals surface area (Å²) in [5, 5.41) is 5.90. The van der Waals surface area contributed by atoms with Crippen molar-refractivity contribution in [2.75, 3.05) is 4.90 Å². The Morgan fingerprint density at radius 3 is 1.67 bits per heavy atom. The van der Waals surface area contributed by atoms with Gasteiger partial charge in [-0.3, -0.25) is 0 Å². The molecule has 0 unspecified atom stereocenters. The number of fused-ring (bicyclic) bond motifs is 12. The molecule has 6 heteroatoms. The summed E-state index contributed by atoms with van der Waals surface area (Å²) in [4.78, 5) is 4.99. The molecule has 5 nitrogen and oxygen atoms in total. The molecule has 10 aromatic rings. The van der Waals surface area contributed by atoms with Gasteiger partial charge >= 0.3 is 0 Å². The van der Waals surface area contributed by atoms with E-state index in [1.165, 1.54) is 65.3 Å². The summed E-state index contributed by atoms with van der Waals surface area (Å²) < 4.78 is 2.37. The Kier molecular flexibility index (Phi) is 10.4. The molecule has 1 spiro atoms. The third kappa shape index (κ3) is 6.71. The molecule has 3 heterocycles. The fraction of sp³-hybridized carbons (Fsp3) is 0.0690. The zero-order chi connectivity index (χ0) is 43.0. The van der Waals surface area contributed by atoms with Crippen molar-refractivity contribution in [3.8, 4) is 5.69 Å². The van der Waals surface area contributed by atoms with Gasteiger partial charge in [-0.15, -0.1) is 0 Å². The monoisotopic (exact) mass is 845 g/mol. The molecule has 0 radical (unpaired) electrons. The Balaban J connectivity index is 0.000000259. The first-order valence-corrected chi connectivity index (χ1v) is 22.7. The van der Waals surface area contributed by atoms with Gasteiger partial charge in [0.1, 0.15) is 0 Å². The van der Waals surface area contributed by atoms with Crippen molar-refractivity contribution in [2.45, 2.75) is 34.5 Å². The van der Waals surface area contributed by atoms with Crippen LogP contribution in [0.25, 0.3) is 27.5 Å². The lowest BCUT2D eigenvalue weighted by atomic mass is 9.62. The van der Waals surface area contributed by atoms with Gasteiger partial charge in [-0.05, 0) is 93.5 Å². The van der Waals surface area contributed by atoms with Crippen LogP contribution >= 0.6 is 11.8 Å². The predicted octanol–water partition coefficient (Wildman–Crippen LogP) is 13.3. The second-order valence-corrected chi connectivity index (χ2v) is 17.5. The molecule has 310 valence electrons. The molecule has 5 N–H and O–H groups in total. The van der Waals surface area contributed by atoms with Crippen molar-refractivity contribution in [3.63, 3.8) is 0 Å². The first-order chi connectivity index (χ1) is 31.6. The van der Waals surface area contributed by atoms with Crippen molar-refractivity contribution < 1.29 is 0 Å². The van der Waals surface area contributed by atoms with Crippen LogP contribution < -0.4 is 21.7 Å². The number of hydrogen-bond donors (Lipinski definition) is 3. The van der Waals surface area contributed by atoms with E-state index in [4.69, 9.17) is 11.5 Å². The number of nitrogens with zero attached hydrogens (tertiary/aromatic N) is 2. The normalized spacial score (nSPS) is 13.2. The van der Waals surface area contributed by atoms with E-state index in [9.17, 15) is 0 Å². The number of rotatable bonds is 7. The summed E-state index contributed by atoms with van der Waals surface area (Å²) in [5.74, 6) is 0. The first-order valence-electron chi connectivity index (χ1n) is 21.9. The van der Waals surface area contributed by atoms with Crippen molar-refractivity contribution in [1.82, 2.24) is 9.88 Å². The number of hydrogen-bond acceptors (Lipinski definition) is 5. The highest BCUT2D eigenvalue weighted by molar-refractivity contribution is 7.99. The van der Waals surface area contributed by atoms with Crippen LogP contribution in [-0.2, 0) is 18.5 Å². The summed E-state index contributed by atoms with van der Waals surface area (Å²) in [7, 11) is 0. The molecular formula is C58H47N5S. The molecule has 2 aliphatic rings. The van der Waals surface area contributed by atoms with E-state index in [-0.39, 0.29) is 0 Å². The van der Waals surface area contributed by atoms with Crippen LogP contribution in [0.3, 0.4) is 0 Å². The number of nitrogens with two attached hydrogens (primary N) is 2.